The molecule has 2 heterocycles. The number of benzene rings is 1. The molecular weight excluding hydrogens is 410 g/mol. The third-order valence-electron chi connectivity index (χ3n) is 4.56. The second-order valence-corrected chi connectivity index (χ2v) is 9.51. The van der Waals surface area contributed by atoms with Gasteiger partial charge in [-0.25, -0.2) is 8.42 Å². The molecule has 27 heavy (non-hydrogen) atoms. The second-order valence-electron chi connectivity index (χ2n) is 6.46. The van der Waals surface area contributed by atoms with E-state index in [1.165, 1.54) is 17.5 Å². The minimum Gasteiger partial charge on any atom is -0.495 e. The Labute approximate surface area is 171 Å². The van der Waals surface area contributed by atoms with Gasteiger partial charge in [-0.05, 0) is 25.0 Å². The van der Waals surface area contributed by atoms with Crippen molar-refractivity contribution in [1.29, 1.82) is 0 Å². The van der Waals surface area contributed by atoms with E-state index in [0.717, 1.165) is 30.9 Å². The lowest BCUT2D eigenvalue weighted by Gasteiger charge is -2.22. The highest BCUT2D eigenvalue weighted by Crippen LogP contribution is 2.31. The first-order chi connectivity index (χ1) is 12.5. The number of ether oxygens (including phenoxy) is 1. The molecule has 0 radical (unpaired) electrons. The SMILES string of the molecule is COc1cc(NC(=O)CC2CSCCN2)ccc1S(=O)(=O)N1CCCC1.Cl. The van der Waals surface area contributed by atoms with Crippen molar-refractivity contribution in [2.75, 3.05) is 43.6 Å². The van der Waals surface area contributed by atoms with Gasteiger partial charge in [-0.1, -0.05) is 0 Å². The van der Waals surface area contributed by atoms with Crippen LogP contribution in [-0.2, 0) is 14.8 Å². The van der Waals surface area contributed by atoms with Crippen LogP contribution >= 0.6 is 24.2 Å². The Morgan fingerprint density at radius 2 is 2.11 bits per heavy atom. The number of nitrogens with one attached hydrogen (secondary N) is 2. The average molecular weight is 436 g/mol. The lowest BCUT2D eigenvalue weighted by molar-refractivity contribution is -0.116. The van der Waals surface area contributed by atoms with E-state index in [9.17, 15) is 13.2 Å². The largest absolute Gasteiger partial charge is 0.495 e. The molecule has 2 saturated heterocycles. The van der Waals surface area contributed by atoms with Crippen LogP contribution in [0.15, 0.2) is 23.1 Å². The molecule has 152 valence electrons. The number of methoxy groups -OCH3 is 1. The molecule has 1 amide bonds. The maximum Gasteiger partial charge on any atom is 0.246 e. The molecule has 0 saturated carbocycles. The van der Waals surface area contributed by atoms with Gasteiger partial charge in [-0.2, -0.15) is 16.1 Å². The summed E-state index contributed by atoms with van der Waals surface area (Å²) in [6.45, 7) is 1.99. The summed E-state index contributed by atoms with van der Waals surface area (Å²) in [6, 6.07) is 4.87. The van der Waals surface area contributed by atoms with Gasteiger partial charge in [0.05, 0.1) is 7.11 Å². The van der Waals surface area contributed by atoms with Crippen LogP contribution in [0.3, 0.4) is 0 Å². The molecule has 0 aliphatic carbocycles. The summed E-state index contributed by atoms with van der Waals surface area (Å²) in [4.78, 5) is 12.4. The van der Waals surface area contributed by atoms with Crippen LogP contribution < -0.4 is 15.4 Å². The summed E-state index contributed by atoms with van der Waals surface area (Å²) in [5.74, 6) is 2.15. The van der Waals surface area contributed by atoms with Gasteiger partial charge < -0.3 is 15.4 Å². The van der Waals surface area contributed by atoms with Gasteiger partial charge in [0.15, 0.2) is 0 Å². The van der Waals surface area contributed by atoms with Crippen LogP contribution in [0.5, 0.6) is 5.75 Å². The number of amides is 1. The van der Waals surface area contributed by atoms with Crippen LogP contribution in [0.1, 0.15) is 19.3 Å². The lowest BCUT2D eigenvalue weighted by atomic mass is 10.2. The highest BCUT2D eigenvalue weighted by molar-refractivity contribution is 7.99. The molecule has 0 spiro atoms. The van der Waals surface area contributed by atoms with E-state index in [1.807, 2.05) is 11.8 Å². The Morgan fingerprint density at radius 3 is 2.74 bits per heavy atom. The summed E-state index contributed by atoms with van der Waals surface area (Å²) in [5.41, 5.74) is 0.538. The molecule has 2 aliphatic rings. The third-order valence-corrected chi connectivity index (χ3v) is 7.63. The van der Waals surface area contributed by atoms with Crippen molar-refractivity contribution >= 4 is 45.8 Å². The highest BCUT2D eigenvalue weighted by atomic mass is 35.5. The molecular formula is C17H26ClN3O4S2. The van der Waals surface area contributed by atoms with Crippen LogP contribution in [0.2, 0.25) is 0 Å². The summed E-state index contributed by atoms with van der Waals surface area (Å²) >= 11 is 1.84. The number of hydrogen-bond donors (Lipinski definition) is 2. The standard InChI is InChI=1S/C17H25N3O4S2.ClH/c1-24-15-10-13(19-17(21)11-14-12-25-9-6-18-14)4-5-16(15)26(22,23)20-7-2-3-8-20;/h4-5,10,14,18H,2-3,6-9,11-12H2,1H3,(H,19,21);1H. The van der Waals surface area contributed by atoms with Gasteiger partial charge in [0.1, 0.15) is 10.6 Å². The lowest BCUT2D eigenvalue weighted by Crippen LogP contribution is -2.39. The predicted octanol–water partition coefficient (Wildman–Crippen LogP) is 1.94. The molecule has 1 aromatic carbocycles. The fourth-order valence-electron chi connectivity index (χ4n) is 3.21. The molecule has 1 unspecified atom stereocenters. The number of nitrogens with zero attached hydrogens (tertiary/aromatic N) is 1. The third kappa shape index (κ3) is 5.51. The molecule has 1 aromatic rings. The van der Waals surface area contributed by atoms with E-state index >= 15 is 0 Å². The van der Waals surface area contributed by atoms with Crippen molar-refractivity contribution in [2.24, 2.45) is 0 Å². The van der Waals surface area contributed by atoms with Crippen molar-refractivity contribution in [3.63, 3.8) is 0 Å². The molecule has 0 aromatic heterocycles. The van der Waals surface area contributed by atoms with Crippen LogP contribution in [0.25, 0.3) is 0 Å². The molecule has 2 aliphatic heterocycles. The molecule has 0 bridgehead atoms. The van der Waals surface area contributed by atoms with Gasteiger partial charge >= 0.3 is 0 Å². The van der Waals surface area contributed by atoms with Crippen molar-refractivity contribution in [2.45, 2.75) is 30.2 Å². The molecule has 10 heteroatoms. The number of hydrogen-bond acceptors (Lipinski definition) is 6. The van der Waals surface area contributed by atoms with E-state index in [2.05, 4.69) is 10.6 Å². The average Bonchev–Trinajstić information content (AvgIpc) is 3.17. The fraction of sp³-hybridized carbons (Fsp3) is 0.588. The maximum absolute atomic E-state index is 12.8. The van der Waals surface area contributed by atoms with Crippen molar-refractivity contribution in [3.8, 4) is 5.75 Å². The smallest absolute Gasteiger partial charge is 0.246 e. The Morgan fingerprint density at radius 1 is 1.37 bits per heavy atom. The zero-order chi connectivity index (χ0) is 18.6. The molecule has 7 nitrogen and oxygen atoms in total. The predicted molar refractivity (Wildman–Crippen MR) is 111 cm³/mol. The number of sulfonamides is 1. The van der Waals surface area contributed by atoms with E-state index < -0.39 is 10.0 Å². The summed E-state index contributed by atoms with van der Waals surface area (Å²) in [7, 11) is -2.13. The van der Waals surface area contributed by atoms with Gasteiger partial charge in [-0.3, -0.25) is 4.79 Å². The zero-order valence-corrected chi connectivity index (χ0v) is 17.7. The van der Waals surface area contributed by atoms with Gasteiger partial charge in [0.25, 0.3) is 0 Å². The minimum atomic E-state index is -3.57. The number of halogens is 1. The molecule has 2 fully saturated rings. The number of carbonyl (C=O) groups is 1. The number of rotatable bonds is 6. The van der Waals surface area contributed by atoms with E-state index in [4.69, 9.17) is 4.74 Å². The normalized spacial score (nSPS) is 20.7. The number of thioether (sulfide) groups is 1. The Balaban J connectivity index is 0.00000261. The summed E-state index contributed by atoms with van der Waals surface area (Å²) in [6.07, 6.45) is 2.15. The van der Waals surface area contributed by atoms with Crippen LogP contribution in [0, 0.1) is 0 Å². The van der Waals surface area contributed by atoms with Crippen LogP contribution in [-0.4, -0.2) is 62.9 Å². The van der Waals surface area contributed by atoms with Crippen LogP contribution in [0.4, 0.5) is 5.69 Å². The minimum absolute atomic E-state index is 0. The highest BCUT2D eigenvalue weighted by Gasteiger charge is 2.30. The van der Waals surface area contributed by atoms with Gasteiger partial charge in [0, 0.05) is 55.4 Å². The van der Waals surface area contributed by atoms with E-state index in [0.29, 0.717) is 25.2 Å². The fourth-order valence-corrected chi connectivity index (χ4v) is 5.82. The van der Waals surface area contributed by atoms with Gasteiger partial charge in [-0.15, -0.1) is 12.4 Å². The zero-order valence-electron chi connectivity index (χ0n) is 15.3. The molecule has 3 rings (SSSR count). The van der Waals surface area contributed by atoms with Crippen molar-refractivity contribution in [3.05, 3.63) is 18.2 Å². The van der Waals surface area contributed by atoms with E-state index in [-0.39, 0.29) is 35.0 Å². The van der Waals surface area contributed by atoms with Crippen molar-refractivity contribution in [1.82, 2.24) is 9.62 Å². The first-order valence-electron chi connectivity index (χ1n) is 8.80. The number of carbonyl (C=O) groups excluding carboxylic acids is 1. The Kier molecular flexibility index (Phi) is 8.23. The summed E-state index contributed by atoms with van der Waals surface area (Å²) in [5, 5.41) is 6.16. The second kappa shape index (κ2) is 9.97. The monoisotopic (exact) mass is 435 g/mol. The molecule has 1 atom stereocenters. The Hall–Kier alpha value is -1.00. The maximum atomic E-state index is 12.8. The quantitative estimate of drug-likeness (QED) is 0.709. The summed E-state index contributed by atoms with van der Waals surface area (Å²) < 4.78 is 32.3. The van der Waals surface area contributed by atoms with Crippen molar-refractivity contribution < 1.29 is 17.9 Å². The first kappa shape index (κ1) is 22.3. The van der Waals surface area contributed by atoms with Gasteiger partial charge in [0.2, 0.25) is 15.9 Å². The first-order valence-corrected chi connectivity index (χ1v) is 11.4. The number of anilines is 1. The topological polar surface area (TPSA) is 87.7 Å². The molecule has 2 N–H and O–H groups in total. The Bertz CT molecular complexity index is 749. The van der Waals surface area contributed by atoms with E-state index in [1.54, 1.807) is 12.1 Å².